The lowest BCUT2D eigenvalue weighted by molar-refractivity contribution is 0.238. The summed E-state index contributed by atoms with van der Waals surface area (Å²) in [5.74, 6) is 1.25. The molecule has 1 atom stereocenters. The molecule has 0 heterocycles. The van der Waals surface area contributed by atoms with Gasteiger partial charge in [-0.15, -0.1) is 0 Å². The molecule has 2 N–H and O–H groups in total. The van der Waals surface area contributed by atoms with E-state index >= 15 is 0 Å². The highest BCUT2D eigenvalue weighted by Gasteiger charge is 2.13. The van der Waals surface area contributed by atoms with Crippen molar-refractivity contribution in [3.63, 3.8) is 0 Å². The third kappa shape index (κ3) is 4.85. The maximum Gasteiger partial charge on any atom is 0.179 e. The van der Waals surface area contributed by atoms with Gasteiger partial charge in [-0.05, 0) is 38.0 Å². The highest BCUT2D eigenvalue weighted by Crippen LogP contribution is 2.36. The first-order valence-corrected chi connectivity index (χ1v) is 7.46. The number of hydrogen-bond donors (Lipinski definition) is 2. The zero-order valence-corrected chi connectivity index (χ0v) is 13.2. The van der Waals surface area contributed by atoms with Crippen LogP contribution in [0.5, 0.6) is 11.5 Å². The van der Waals surface area contributed by atoms with E-state index in [1.165, 1.54) is 0 Å². The van der Waals surface area contributed by atoms with Crippen LogP contribution in [0.2, 0.25) is 5.02 Å². The molecule has 0 fully saturated rings. The standard InChI is InChI=1S/C15H24ClNO3/c1-4-12(10-18)17-9-11-7-13(16)15(20-6-3)14(8-11)19-5-2/h7-8,12,17-18H,4-6,9-10H2,1-3H3/t12-/m1/s1. The van der Waals surface area contributed by atoms with Gasteiger partial charge in [0.15, 0.2) is 11.5 Å². The number of rotatable bonds is 9. The van der Waals surface area contributed by atoms with Gasteiger partial charge in [-0.2, -0.15) is 0 Å². The molecule has 114 valence electrons. The minimum Gasteiger partial charge on any atom is -0.490 e. The number of benzene rings is 1. The van der Waals surface area contributed by atoms with Crippen molar-refractivity contribution in [1.82, 2.24) is 5.32 Å². The SMILES string of the molecule is CCOc1cc(CN[C@H](CC)CO)cc(Cl)c1OCC. The summed E-state index contributed by atoms with van der Waals surface area (Å²) < 4.78 is 11.1. The second kappa shape index (κ2) is 9.06. The van der Waals surface area contributed by atoms with Crippen molar-refractivity contribution in [1.29, 1.82) is 0 Å². The van der Waals surface area contributed by atoms with Crippen LogP contribution in [-0.4, -0.2) is 31.0 Å². The number of ether oxygens (including phenoxy) is 2. The Hall–Kier alpha value is -0.970. The number of halogens is 1. The van der Waals surface area contributed by atoms with E-state index in [-0.39, 0.29) is 12.6 Å². The quantitative estimate of drug-likeness (QED) is 0.736. The van der Waals surface area contributed by atoms with E-state index in [1.807, 2.05) is 32.9 Å². The number of hydrogen-bond acceptors (Lipinski definition) is 4. The summed E-state index contributed by atoms with van der Waals surface area (Å²) in [6.45, 7) is 7.72. The highest BCUT2D eigenvalue weighted by molar-refractivity contribution is 6.32. The molecule has 0 aliphatic heterocycles. The molecule has 0 unspecified atom stereocenters. The molecule has 0 amide bonds. The van der Waals surface area contributed by atoms with E-state index in [0.717, 1.165) is 12.0 Å². The zero-order chi connectivity index (χ0) is 15.0. The molecule has 0 saturated carbocycles. The Bertz CT molecular complexity index is 408. The predicted octanol–water partition coefficient (Wildman–Crippen LogP) is 3.00. The number of aliphatic hydroxyl groups is 1. The molecule has 0 aromatic heterocycles. The largest absolute Gasteiger partial charge is 0.490 e. The summed E-state index contributed by atoms with van der Waals surface area (Å²) in [6, 6.07) is 3.89. The first-order chi connectivity index (χ1) is 9.65. The first-order valence-electron chi connectivity index (χ1n) is 7.08. The van der Waals surface area contributed by atoms with Crippen LogP contribution in [0.15, 0.2) is 12.1 Å². The first kappa shape index (κ1) is 17.1. The summed E-state index contributed by atoms with van der Waals surface area (Å²) in [7, 11) is 0. The van der Waals surface area contributed by atoms with Crippen LogP contribution in [0, 0.1) is 0 Å². The minimum absolute atomic E-state index is 0.0934. The molecular formula is C15H24ClNO3. The third-order valence-electron chi connectivity index (χ3n) is 2.97. The van der Waals surface area contributed by atoms with E-state index in [2.05, 4.69) is 5.32 Å². The molecule has 0 saturated heterocycles. The molecule has 4 nitrogen and oxygen atoms in total. The third-order valence-corrected chi connectivity index (χ3v) is 3.25. The second-order valence-electron chi connectivity index (χ2n) is 4.44. The molecule has 1 aromatic rings. The topological polar surface area (TPSA) is 50.7 Å². The van der Waals surface area contributed by atoms with Crippen LogP contribution in [0.4, 0.5) is 0 Å². The van der Waals surface area contributed by atoms with Gasteiger partial charge in [-0.3, -0.25) is 0 Å². The molecule has 0 aliphatic carbocycles. The van der Waals surface area contributed by atoms with E-state index in [0.29, 0.717) is 36.3 Å². The fourth-order valence-corrected chi connectivity index (χ4v) is 2.16. The molecular weight excluding hydrogens is 278 g/mol. The molecule has 0 bridgehead atoms. The fraction of sp³-hybridized carbons (Fsp3) is 0.600. The lowest BCUT2D eigenvalue weighted by Crippen LogP contribution is -2.31. The maximum atomic E-state index is 9.18. The van der Waals surface area contributed by atoms with Crippen molar-refractivity contribution in [3.8, 4) is 11.5 Å². The second-order valence-corrected chi connectivity index (χ2v) is 4.85. The van der Waals surface area contributed by atoms with Crippen LogP contribution in [0.1, 0.15) is 32.8 Å². The van der Waals surface area contributed by atoms with Crippen molar-refractivity contribution in [2.45, 2.75) is 39.8 Å². The maximum absolute atomic E-state index is 9.18. The average molecular weight is 302 g/mol. The Morgan fingerprint density at radius 3 is 2.45 bits per heavy atom. The average Bonchev–Trinajstić information content (AvgIpc) is 2.44. The van der Waals surface area contributed by atoms with E-state index in [4.69, 9.17) is 21.1 Å². The van der Waals surface area contributed by atoms with Crippen molar-refractivity contribution in [2.75, 3.05) is 19.8 Å². The number of aliphatic hydroxyl groups excluding tert-OH is 1. The molecule has 0 radical (unpaired) electrons. The van der Waals surface area contributed by atoms with Crippen molar-refractivity contribution in [3.05, 3.63) is 22.7 Å². The summed E-state index contributed by atoms with van der Waals surface area (Å²) in [5, 5.41) is 13.0. The van der Waals surface area contributed by atoms with Gasteiger partial charge in [0.2, 0.25) is 0 Å². The normalized spacial score (nSPS) is 12.2. The lowest BCUT2D eigenvalue weighted by atomic mass is 10.1. The molecule has 0 aliphatic rings. The zero-order valence-electron chi connectivity index (χ0n) is 12.4. The van der Waals surface area contributed by atoms with Gasteiger partial charge in [-0.1, -0.05) is 18.5 Å². The van der Waals surface area contributed by atoms with Crippen molar-refractivity contribution >= 4 is 11.6 Å². The molecule has 0 spiro atoms. The summed E-state index contributed by atoms with van der Waals surface area (Å²) >= 11 is 6.25. The van der Waals surface area contributed by atoms with Gasteiger partial charge >= 0.3 is 0 Å². The van der Waals surface area contributed by atoms with Crippen molar-refractivity contribution in [2.24, 2.45) is 0 Å². The monoisotopic (exact) mass is 301 g/mol. The van der Waals surface area contributed by atoms with Crippen molar-refractivity contribution < 1.29 is 14.6 Å². The Balaban J connectivity index is 2.87. The van der Waals surface area contributed by atoms with Gasteiger partial charge in [0, 0.05) is 12.6 Å². The highest BCUT2D eigenvalue weighted by atomic mass is 35.5. The van der Waals surface area contributed by atoms with Crippen LogP contribution in [-0.2, 0) is 6.54 Å². The molecule has 5 heteroatoms. The lowest BCUT2D eigenvalue weighted by Gasteiger charge is -2.17. The van der Waals surface area contributed by atoms with Gasteiger partial charge in [-0.25, -0.2) is 0 Å². The van der Waals surface area contributed by atoms with Crippen LogP contribution in [0.25, 0.3) is 0 Å². The summed E-state index contributed by atoms with van der Waals surface area (Å²) in [5.41, 5.74) is 1.01. The van der Waals surface area contributed by atoms with E-state index < -0.39 is 0 Å². The fourth-order valence-electron chi connectivity index (χ4n) is 1.87. The molecule has 1 aromatic carbocycles. The summed E-state index contributed by atoms with van der Waals surface area (Å²) in [6.07, 6.45) is 0.875. The Morgan fingerprint density at radius 2 is 1.90 bits per heavy atom. The van der Waals surface area contributed by atoms with E-state index in [9.17, 15) is 5.11 Å². The number of nitrogens with one attached hydrogen (secondary N) is 1. The minimum atomic E-state index is 0.0934. The van der Waals surface area contributed by atoms with Crippen LogP contribution in [0.3, 0.4) is 0 Å². The molecule has 1 rings (SSSR count). The Kier molecular flexibility index (Phi) is 7.73. The summed E-state index contributed by atoms with van der Waals surface area (Å²) in [4.78, 5) is 0. The van der Waals surface area contributed by atoms with Gasteiger partial charge in [0.1, 0.15) is 0 Å². The predicted molar refractivity (Wildman–Crippen MR) is 81.8 cm³/mol. The van der Waals surface area contributed by atoms with E-state index in [1.54, 1.807) is 0 Å². The van der Waals surface area contributed by atoms with Gasteiger partial charge in [0.25, 0.3) is 0 Å². The van der Waals surface area contributed by atoms with Gasteiger partial charge < -0.3 is 19.9 Å². The Labute approximate surface area is 126 Å². The van der Waals surface area contributed by atoms with Crippen LogP contribution >= 0.6 is 11.6 Å². The van der Waals surface area contributed by atoms with Crippen LogP contribution < -0.4 is 14.8 Å². The van der Waals surface area contributed by atoms with Gasteiger partial charge in [0.05, 0.1) is 24.8 Å². The molecule has 20 heavy (non-hydrogen) atoms. The Morgan fingerprint density at radius 1 is 1.20 bits per heavy atom. The smallest absolute Gasteiger partial charge is 0.179 e.